The fraction of sp³-hybridized carbons (Fsp3) is 0.345. The van der Waals surface area contributed by atoms with E-state index in [9.17, 15) is 29.1 Å². The van der Waals surface area contributed by atoms with E-state index in [1.165, 1.54) is 32.1 Å². The molecule has 0 radical (unpaired) electrons. The minimum Gasteiger partial charge on any atom is -0.469 e. The molecule has 0 saturated carbocycles. The summed E-state index contributed by atoms with van der Waals surface area (Å²) in [7, 11) is 1.17. The van der Waals surface area contributed by atoms with Gasteiger partial charge in [-0.2, -0.15) is 0 Å². The Hall–Kier alpha value is -4.55. The summed E-state index contributed by atoms with van der Waals surface area (Å²) in [5, 5.41) is 13.1. The van der Waals surface area contributed by atoms with Gasteiger partial charge in [-0.15, -0.1) is 0 Å². The van der Waals surface area contributed by atoms with Crippen LogP contribution in [-0.4, -0.2) is 94.5 Å². The number of rotatable bonds is 9. The van der Waals surface area contributed by atoms with Crippen molar-refractivity contribution in [1.82, 2.24) is 14.8 Å². The van der Waals surface area contributed by atoms with Crippen LogP contribution in [0.2, 0.25) is 0 Å². The topological polar surface area (TPSA) is 158 Å². The van der Waals surface area contributed by atoms with E-state index in [0.29, 0.717) is 29.6 Å². The molecule has 0 spiro atoms. The molecule has 1 unspecified atom stereocenters. The zero-order valence-electron chi connectivity index (χ0n) is 23.0. The predicted molar refractivity (Wildman–Crippen MR) is 148 cm³/mol. The standard InChI is InChI=1S/C29H32N4O8/c1-29(2,39)41-22(16-23(34)40-3)26(36)31-21-11-7-10-19-20(17-30-24(19)21)25(35)28(38)33-14-12-32(13-15-33)27(37)18-8-5-4-6-9-18/h4-11,17,22,30,39H,12-16H2,1-3H3,(H,31,36). The van der Waals surface area contributed by atoms with Gasteiger partial charge in [0.05, 0.1) is 30.3 Å². The van der Waals surface area contributed by atoms with Crippen LogP contribution >= 0.6 is 0 Å². The summed E-state index contributed by atoms with van der Waals surface area (Å²) in [6, 6.07) is 13.7. The highest BCUT2D eigenvalue weighted by atomic mass is 16.6. The summed E-state index contributed by atoms with van der Waals surface area (Å²) in [5.41, 5.74) is 1.35. The van der Waals surface area contributed by atoms with Crippen LogP contribution in [0.15, 0.2) is 54.7 Å². The first-order valence-corrected chi connectivity index (χ1v) is 13.0. The predicted octanol–water partition coefficient (Wildman–Crippen LogP) is 1.95. The van der Waals surface area contributed by atoms with Gasteiger partial charge in [-0.25, -0.2) is 0 Å². The molecule has 1 atom stereocenters. The van der Waals surface area contributed by atoms with Gasteiger partial charge < -0.3 is 34.7 Å². The Kier molecular flexibility index (Phi) is 8.84. The highest BCUT2D eigenvalue weighted by Gasteiger charge is 2.32. The number of hydrogen-bond acceptors (Lipinski definition) is 8. The maximum Gasteiger partial charge on any atom is 0.308 e. The van der Waals surface area contributed by atoms with Crippen LogP contribution in [-0.2, 0) is 23.9 Å². The zero-order chi connectivity index (χ0) is 29.7. The number of H-pyrrole nitrogens is 1. The highest BCUT2D eigenvalue weighted by molar-refractivity contribution is 6.45. The molecule has 1 fully saturated rings. The van der Waals surface area contributed by atoms with Gasteiger partial charge in [0.25, 0.3) is 23.5 Å². The van der Waals surface area contributed by atoms with Gasteiger partial charge in [-0.1, -0.05) is 30.3 Å². The Labute approximate surface area is 236 Å². The number of piperazine rings is 1. The number of ether oxygens (including phenoxy) is 2. The summed E-state index contributed by atoms with van der Waals surface area (Å²) >= 11 is 0. The van der Waals surface area contributed by atoms with Crippen LogP contribution in [0.5, 0.6) is 0 Å². The van der Waals surface area contributed by atoms with Crippen molar-refractivity contribution in [1.29, 1.82) is 0 Å². The van der Waals surface area contributed by atoms with Crippen molar-refractivity contribution in [2.24, 2.45) is 0 Å². The number of carbonyl (C=O) groups is 5. The molecule has 3 amide bonds. The van der Waals surface area contributed by atoms with E-state index < -0.39 is 41.9 Å². The average Bonchev–Trinajstić information content (AvgIpc) is 3.40. The third-order valence-electron chi connectivity index (χ3n) is 6.59. The monoisotopic (exact) mass is 564 g/mol. The normalized spacial score (nSPS) is 14.4. The first-order valence-electron chi connectivity index (χ1n) is 13.0. The van der Waals surface area contributed by atoms with E-state index in [1.807, 2.05) is 6.07 Å². The first kappa shape index (κ1) is 29.4. The van der Waals surface area contributed by atoms with Crippen molar-refractivity contribution < 1.29 is 38.6 Å². The van der Waals surface area contributed by atoms with Crippen molar-refractivity contribution in [2.75, 3.05) is 38.6 Å². The van der Waals surface area contributed by atoms with Gasteiger partial charge in [-0.3, -0.25) is 24.0 Å². The molecule has 4 rings (SSSR count). The Morgan fingerprint density at radius 3 is 2.27 bits per heavy atom. The van der Waals surface area contributed by atoms with Gasteiger partial charge in [-0.05, 0) is 32.0 Å². The first-order chi connectivity index (χ1) is 19.5. The van der Waals surface area contributed by atoms with Crippen molar-refractivity contribution >= 4 is 46.1 Å². The zero-order valence-corrected chi connectivity index (χ0v) is 23.0. The molecule has 1 aliphatic heterocycles. The van der Waals surface area contributed by atoms with Crippen LogP contribution in [0.4, 0.5) is 5.69 Å². The maximum absolute atomic E-state index is 13.2. The molecule has 1 aliphatic rings. The summed E-state index contributed by atoms with van der Waals surface area (Å²) in [6.07, 6.45) is -0.396. The molecule has 2 heterocycles. The number of esters is 1. The van der Waals surface area contributed by atoms with Crippen molar-refractivity contribution in [3.05, 3.63) is 65.9 Å². The van der Waals surface area contributed by atoms with Crippen LogP contribution in [0.25, 0.3) is 10.9 Å². The number of anilines is 1. The number of aromatic nitrogens is 1. The number of Topliss-reactive ketones (excluding diaryl/α,β-unsaturated/α-hetero) is 1. The lowest BCUT2D eigenvalue weighted by Crippen LogP contribution is -2.52. The minimum absolute atomic E-state index is 0.128. The van der Waals surface area contributed by atoms with Crippen LogP contribution in [0, 0.1) is 0 Å². The molecular weight excluding hydrogens is 532 g/mol. The molecule has 0 aliphatic carbocycles. The number of aromatic amines is 1. The smallest absolute Gasteiger partial charge is 0.308 e. The van der Waals surface area contributed by atoms with Gasteiger partial charge in [0.1, 0.15) is 6.10 Å². The molecule has 3 N–H and O–H groups in total. The number of nitrogens with one attached hydrogen (secondary N) is 2. The van der Waals surface area contributed by atoms with E-state index in [1.54, 1.807) is 47.4 Å². The number of carbonyl (C=O) groups excluding carboxylic acids is 5. The van der Waals surface area contributed by atoms with E-state index in [2.05, 4.69) is 15.0 Å². The second-order valence-electron chi connectivity index (χ2n) is 10.0. The minimum atomic E-state index is -1.70. The molecular formula is C29H32N4O8. The Morgan fingerprint density at radius 2 is 1.63 bits per heavy atom. The fourth-order valence-electron chi connectivity index (χ4n) is 4.57. The number of para-hydroxylation sites is 1. The Bertz CT molecular complexity index is 1450. The summed E-state index contributed by atoms with van der Waals surface area (Å²) in [5.74, 6) is -4.66. The van der Waals surface area contributed by atoms with Crippen LogP contribution < -0.4 is 5.32 Å². The molecule has 3 aromatic rings. The Morgan fingerprint density at radius 1 is 0.976 bits per heavy atom. The van der Waals surface area contributed by atoms with Crippen molar-refractivity contribution in [2.45, 2.75) is 32.2 Å². The van der Waals surface area contributed by atoms with Crippen LogP contribution in [0.1, 0.15) is 41.0 Å². The van der Waals surface area contributed by atoms with Gasteiger partial charge in [0.15, 0.2) is 5.79 Å². The van der Waals surface area contributed by atoms with Crippen LogP contribution in [0.3, 0.4) is 0 Å². The lowest BCUT2D eigenvalue weighted by atomic mass is 10.1. The van der Waals surface area contributed by atoms with Gasteiger partial charge in [0, 0.05) is 43.3 Å². The summed E-state index contributed by atoms with van der Waals surface area (Å²) in [4.78, 5) is 69.8. The van der Waals surface area contributed by atoms with E-state index in [-0.39, 0.29) is 30.2 Å². The number of benzene rings is 2. The number of methoxy groups -OCH3 is 1. The molecule has 216 valence electrons. The number of nitrogens with zero attached hydrogens (tertiary/aromatic N) is 2. The summed E-state index contributed by atoms with van der Waals surface area (Å²) in [6.45, 7) is 3.69. The third kappa shape index (κ3) is 6.97. The quantitative estimate of drug-likeness (QED) is 0.154. The molecule has 0 bridgehead atoms. The maximum atomic E-state index is 13.2. The second kappa shape index (κ2) is 12.3. The lowest BCUT2D eigenvalue weighted by Gasteiger charge is -2.34. The highest BCUT2D eigenvalue weighted by Crippen LogP contribution is 2.27. The molecule has 12 heteroatoms. The fourth-order valence-corrected chi connectivity index (χ4v) is 4.57. The molecule has 2 aromatic carbocycles. The SMILES string of the molecule is COC(=O)CC(OC(C)(C)O)C(=O)Nc1cccc2c(C(=O)C(=O)N3CCN(C(=O)c4ccccc4)CC3)c[nH]c12. The Balaban J connectivity index is 1.45. The third-order valence-corrected chi connectivity index (χ3v) is 6.59. The van der Waals surface area contributed by atoms with E-state index >= 15 is 0 Å². The van der Waals surface area contributed by atoms with Crippen molar-refractivity contribution in [3.63, 3.8) is 0 Å². The second-order valence-corrected chi connectivity index (χ2v) is 10.0. The van der Waals surface area contributed by atoms with Crippen molar-refractivity contribution in [3.8, 4) is 0 Å². The van der Waals surface area contributed by atoms with Gasteiger partial charge >= 0.3 is 5.97 Å². The van der Waals surface area contributed by atoms with Gasteiger partial charge in [0.2, 0.25) is 0 Å². The number of fused-ring (bicyclic) bond motifs is 1. The molecule has 12 nitrogen and oxygen atoms in total. The molecule has 41 heavy (non-hydrogen) atoms. The number of amides is 3. The summed E-state index contributed by atoms with van der Waals surface area (Å²) < 4.78 is 9.98. The largest absolute Gasteiger partial charge is 0.469 e. The van der Waals surface area contributed by atoms with E-state index in [4.69, 9.17) is 4.74 Å². The molecule has 1 aromatic heterocycles. The number of hydrogen-bond donors (Lipinski definition) is 3. The lowest BCUT2D eigenvalue weighted by molar-refractivity contribution is -0.208. The number of ketones is 1. The van der Waals surface area contributed by atoms with E-state index in [0.717, 1.165) is 0 Å². The number of aliphatic hydroxyl groups is 1. The average molecular weight is 565 g/mol. The molecule has 1 saturated heterocycles.